The molecule has 0 nitrogen and oxygen atoms in total. The van der Waals surface area contributed by atoms with Gasteiger partial charge in [-0.25, -0.2) is 0 Å². The molecule has 9 atom stereocenters. The van der Waals surface area contributed by atoms with Gasteiger partial charge in [0.15, 0.2) is 0 Å². The second kappa shape index (κ2) is 35.5. The fraction of sp³-hybridized carbons (Fsp3) is 0.704. The van der Waals surface area contributed by atoms with E-state index in [-0.39, 0.29) is 29.7 Å². The van der Waals surface area contributed by atoms with Gasteiger partial charge in [-0.05, 0) is 147 Å². The van der Waals surface area contributed by atoms with Crippen molar-refractivity contribution in [1.82, 2.24) is 0 Å². The molecular weight excluding hydrogens is 973 g/mol. The third kappa shape index (κ3) is 17.5. The van der Waals surface area contributed by atoms with Gasteiger partial charge in [0.1, 0.15) is 0 Å². The predicted octanol–water partition coefficient (Wildman–Crippen LogP) is 20.0. The van der Waals surface area contributed by atoms with Crippen molar-refractivity contribution < 1.29 is 41.7 Å². The van der Waals surface area contributed by atoms with Crippen LogP contribution < -0.4 is 0 Å². The maximum absolute atomic E-state index is 4.93. The summed E-state index contributed by atoms with van der Waals surface area (Å²) in [4.78, 5) is 0. The van der Waals surface area contributed by atoms with Crippen LogP contribution in [-0.2, 0) is 41.7 Å². The zero-order chi connectivity index (χ0) is 40.8. The van der Waals surface area contributed by atoms with Crippen molar-refractivity contribution in [3.05, 3.63) is 104 Å². The van der Waals surface area contributed by atoms with Gasteiger partial charge >= 0.3 is 75.7 Å². The number of halogens is 4. The van der Waals surface area contributed by atoms with E-state index in [2.05, 4.69) is 102 Å². The Morgan fingerprint density at radius 2 is 0.950 bits per heavy atom. The predicted molar refractivity (Wildman–Crippen MR) is 270 cm³/mol. The van der Waals surface area contributed by atoms with Crippen molar-refractivity contribution in [3.8, 4) is 0 Å². The van der Waals surface area contributed by atoms with Crippen LogP contribution in [0.4, 0.5) is 0 Å². The summed E-state index contributed by atoms with van der Waals surface area (Å²) in [6, 6.07) is 0. The van der Waals surface area contributed by atoms with Crippen LogP contribution in [0.2, 0.25) is 0 Å². The molecule has 0 N–H and O–H groups in total. The van der Waals surface area contributed by atoms with Crippen LogP contribution in [0.5, 0.6) is 0 Å². The van der Waals surface area contributed by atoms with Crippen molar-refractivity contribution >= 4 is 34.1 Å². The van der Waals surface area contributed by atoms with Gasteiger partial charge in [-0.2, -0.15) is 0 Å². The molecule has 344 valence electrons. The maximum atomic E-state index is 4.93. The average molecular weight is 1070 g/mol. The third-order valence-electron chi connectivity index (χ3n) is 15.9. The van der Waals surface area contributed by atoms with Gasteiger partial charge in [0.25, 0.3) is 0 Å². The van der Waals surface area contributed by atoms with Gasteiger partial charge in [0.2, 0.25) is 0 Å². The van der Waals surface area contributed by atoms with Crippen LogP contribution in [0, 0.1) is 99.7 Å². The molecule has 6 heteroatoms. The number of allylic oxidation sites excluding steroid dienone is 10. The Balaban J connectivity index is 0. The van der Waals surface area contributed by atoms with Crippen LogP contribution in [0.3, 0.4) is 0 Å². The van der Waals surface area contributed by atoms with Gasteiger partial charge in [-0.3, -0.25) is 0 Å². The summed E-state index contributed by atoms with van der Waals surface area (Å²) in [7, 11) is 19.7. The molecule has 60 heavy (non-hydrogen) atoms. The molecule has 0 aromatic heterocycles. The van der Waals surface area contributed by atoms with E-state index in [1.165, 1.54) is 141 Å². The molecular formula is C54H92Cl4Zr2. The second-order valence-corrected chi connectivity index (χ2v) is 26.1. The Kier molecular flexibility index (Phi) is 37.6. The molecule has 6 rings (SSSR count). The molecule has 4 fully saturated rings. The SMILES string of the molecule is C=CCCC(C)(C1CCCC1)C1CC(CCC)C2C=CC=CC21.C=CCCC1CC(C(CCCC)(CCCC)C2CCCC2)C2C=CC=CC12.[CH3-].[CH3-].[CH3-].[CH3-].[Cl][Zr+2][Cl].[Cl][Zr+2][Cl]. The molecule has 0 aromatic carbocycles. The van der Waals surface area contributed by atoms with E-state index in [0.717, 1.165) is 59.2 Å². The third-order valence-corrected chi connectivity index (χ3v) is 15.9. The fourth-order valence-corrected chi connectivity index (χ4v) is 13.4. The van der Waals surface area contributed by atoms with Crippen LogP contribution in [0.1, 0.15) is 169 Å². The molecule has 4 saturated carbocycles. The molecule has 0 aliphatic heterocycles. The Bertz CT molecular complexity index is 1190. The van der Waals surface area contributed by atoms with E-state index in [1.807, 2.05) is 0 Å². The molecule has 0 amide bonds. The Morgan fingerprint density at radius 1 is 0.550 bits per heavy atom. The van der Waals surface area contributed by atoms with Crippen LogP contribution >= 0.6 is 34.1 Å². The van der Waals surface area contributed by atoms with E-state index in [1.54, 1.807) is 0 Å². The molecule has 6 aliphatic carbocycles. The first kappa shape index (κ1) is 63.5. The minimum absolute atomic E-state index is 0. The quantitative estimate of drug-likeness (QED) is 0.0948. The van der Waals surface area contributed by atoms with Crippen molar-refractivity contribution in [2.45, 2.75) is 169 Å². The summed E-state index contributed by atoms with van der Waals surface area (Å²) in [5, 5.41) is 0. The normalized spacial score (nSPS) is 28.0. The van der Waals surface area contributed by atoms with E-state index in [0.29, 0.717) is 10.8 Å². The summed E-state index contributed by atoms with van der Waals surface area (Å²) in [5.41, 5.74) is 1.13. The standard InChI is InChI=1S/C27H44.C23H36.4CH3.4ClH.2Zr/c1-4-7-14-22-21-26(25-18-13-12-17-24(22)25)27(19-8-5-2,20-9-6-3)23-15-10-11-16-23;1-4-6-16-23(3,19-12-7-8-13-19)22-17-18(11-5-2)20-14-9-10-15-21(20)22;;;;;;;;;;/h4,12-13,17-18,22-26H,1,5-11,14-16,19-21H2,2-3H3;4,9-10,14-15,18-22H,1,5-8,11-13,16-17H2,2-3H3;4*1H3;4*1H;;/q;;4*-1;;;;;2*+4/p-4. The number of fused-ring (bicyclic) bond motifs is 2. The molecule has 9 unspecified atom stereocenters. The number of unbranched alkanes of at least 4 members (excludes halogenated alkanes) is 2. The van der Waals surface area contributed by atoms with E-state index in [4.69, 9.17) is 34.1 Å². The van der Waals surface area contributed by atoms with Crippen LogP contribution in [0.25, 0.3) is 0 Å². The summed E-state index contributed by atoms with van der Waals surface area (Å²) in [6.45, 7) is 17.8. The monoisotopic (exact) mass is 1060 g/mol. The average Bonchev–Trinajstić information content (AvgIpc) is 4.06. The Morgan fingerprint density at radius 3 is 1.38 bits per heavy atom. The van der Waals surface area contributed by atoms with Crippen molar-refractivity contribution in [2.75, 3.05) is 0 Å². The molecule has 0 radical (unpaired) electrons. The van der Waals surface area contributed by atoms with Crippen molar-refractivity contribution in [2.24, 2.45) is 70.0 Å². The molecule has 0 bridgehead atoms. The Labute approximate surface area is 414 Å². The number of rotatable bonds is 18. The number of hydrogen-bond donors (Lipinski definition) is 0. The van der Waals surface area contributed by atoms with E-state index < -0.39 is 41.7 Å². The summed E-state index contributed by atoms with van der Waals surface area (Å²) in [5.74, 6) is 8.76. The first-order valence-corrected chi connectivity index (χ1v) is 35.8. The van der Waals surface area contributed by atoms with Gasteiger partial charge in [0, 0.05) is 0 Å². The van der Waals surface area contributed by atoms with Crippen LogP contribution in [0.15, 0.2) is 73.9 Å². The van der Waals surface area contributed by atoms with Gasteiger partial charge in [-0.1, -0.05) is 153 Å². The summed E-state index contributed by atoms with van der Waals surface area (Å²) < 4.78 is 0. The van der Waals surface area contributed by atoms with Gasteiger partial charge in [0.05, 0.1) is 0 Å². The van der Waals surface area contributed by atoms with Crippen molar-refractivity contribution in [3.63, 3.8) is 0 Å². The Hall–Kier alpha value is 1.37. The molecule has 0 aromatic rings. The summed E-state index contributed by atoms with van der Waals surface area (Å²) >= 11 is -1.65. The van der Waals surface area contributed by atoms with E-state index >= 15 is 0 Å². The minimum atomic E-state index is -0.826. The van der Waals surface area contributed by atoms with Gasteiger partial charge in [-0.15, -0.1) is 13.2 Å². The van der Waals surface area contributed by atoms with Crippen molar-refractivity contribution in [1.29, 1.82) is 0 Å². The molecule has 0 spiro atoms. The summed E-state index contributed by atoms with van der Waals surface area (Å²) in [6.07, 6.45) is 55.1. The zero-order valence-corrected chi connectivity index (χ0v) is 48.0. The van der Waals surface area contributed by atoms with Gasteiger partial charge < -0.3 is 29.7 Å². The first-order chi connectivity index (χ1) is 27.3. The fourth-order valence-electron chi connectivity index (χ4n) is 13.4. The molecule has 0 saturated heterocycles. The number of hydrogen-bond acceptors (Lipinski definition) is 0. The van der Waals surface area contributed by atoms with Crippen LogP contribution in [-0.4, -0.2) is 0 Å². The first-order valence-electron chi connectivity index (χ1n) is 23.1. The van der Waals surface area contributed by atoms with E-state index in [9.17, 15) is 0 Å². The molecule has 0 heterocycles. The zero-order valence-electron chi connectivity index (χ0n) is 40.0. The topological polar surface area (TPSA) is 0 Å². The second-order valence-electron chi connectivity index (χ2n) is 18.6. The molecule has 6 aliphatic rings.